The number of halogens is 1. The van der Waals surface area contributed by atoms with Crippen LogP contribution in [0.2, 0.25) is 5.02 Å². The van der Waals surface area contributed by atoms with Crippen LogP contribution in [0.1, 0.15) is 13.3 Å². The Kier molecular flexibility index (Phi) is 3.02. The van der Waals surface area contributed by atoms with Crippen molar-refractivity contribution < 1.29 is 0 Å². The van der Waals surface area contributed by atoms with E-state index >= 15 is 0 Å². The second kappa shape index (κ2) is 4.45. The van der Waals surface area contributed by atoms with Crippen LogP contribution in [0.3, 0.4) is 0 Å². The molecule has 0 bridgehead atoms. The maximum Gasteiger partial charge on any atom is 0.113 e. The van der Waals surface area contributed by atoms with Crippen LogP contribution in [0.5, 0.6) is 0 Å². The number of hydrogen-bond acceptors (Lipinski definition) is 2. The first kappa shape index (κ1) is 10.2. The molecule has 0 saturated heterocycles. The minimum absolute atomic E-state index is 0.720. The lowest BCUT2D eigenvalue weighted by molar-refractivity contribution is 0.579. The lowest BCUT2D eigenvalue weighted by Gasteiger charge is -1.95. The summed E-state index contributed by atoms with van der Waals surface area (Å²) in [6, 6.07) is 7.63. The molecule has 15 heavy (non-hydrogen) atoms. The van der Waals surface area contributed by atoms with Gasteiger partial charge in [0.2, 0.25) is 0 Å². The molecule has 1 aromatic carbocycles. The van der Waals surface area contributed by atoms with E-state index in [1.54, 1.807) is 0 Å². The highest BCUT2D eigenvalue weighted by Crippen LogP contribution is 2.20. The van der Waals surface area contributed by atoms with E-state index in [1.165, 1.54) is 0 Å². The summed E-state index contributed by atoms with van der Waals surface area (Å²) in [5, 5.41) is 8.86. The minimum Gasteiger partial charge on any atom is -0.252 e. The topological polar surface area (TPSA) is 30.7 Å². The van der Waals surface area contributed by atoms with Gasteiger partial charge in [0.25, 0.3) is 0 Å². The molecular formula is C11H12ClN3. The number of rotatable bonds is 3. The number of aromatic nitrogens is 3. The maximum absolute atomic E-state index is 5.91. The molecule has 1 heterocycles. The molecule has 78 valence electrons. The summed E-state index contributed by atoms with van der Waals surface area (Å²) < 4.78 is 1.84. The van der Waals surface area contributed by atoms with Crippen molar-refractivity contribution in [3.63, 3.8) is 0 Å². The molecule has 0 aliphatic carbocycles. The molecule has 0 radical (unpaired) electrons. The third-order valence-electron chi connectivity index (χ3n) is 2.11. The Bertz CT molecular complexity index is 451. The molecule has 0 amide bonds. The molecular weight excluding hydrogens is 210 g/mol. The quantitative estimate of drug-likeness (QED) is 0.798. The van der Waals surface area contributed by atoms with Gasteiger partial charge in [-0.3, -0.25) is 4.68 Å². The molecule has 0 unspecified atom stereocenters. The van der Waals surface area contributed by atoms with Crippen molar-refractivity contribution in [3.05, 3.63) is 35.5 Å². The van der Waals surface area contributed by atoms with Gasteiger partial charge in [0.15, 0.2) is 0 Å². The normalized spacial score (nSPS) is 10.5. The highest BCUT2D eigenvalue weighted by molar-refractivity contribution is 6.30. The van der Waals surface area contributed by atoms with Gasteiger partial charge in [-0.1, -0.05) is 35.9 Å². The monoisotopic (exact) mass is 221 g/mol. The highest BCUT2D eigenvalue weighted by Gasteiger charge is 2.03. The average Bonchev–Trinajstić information content (AvgIpc) is 2.67. The third-order valence-corrected chi connectivity index (χ3v) is 2.35. The van der Waals surface area contributed by atoms with Gasteiger partial charge in [0, 0.05) is 17.1 Å². The van der Waals surface area contributed by atoms with Crippen LogP contribution in [0.25, 0.3) is 11.3 Å². The van der Waals surface area contributed by atoms with Crippen molar-refractivity contribution in [1.29, 1.82) is 0 Å². The zero-order valence-electron chi connectivity index (χ0n) is 8.52. The molecule has 1 aromatic heterocycles. The first-order valence-corrected chi connectivity index (χ1v) is 5.33. The molecule has 0 aliphatic heterocycles. The second-order valence-corrected chi connectivity index (χ2v) is 3.81. The Morgan fingerprint density at radius 2 is 2.27 bits per heavy atom. The van der Waals surface area contributed by atoms with E-state index in [2.05, 4.69) is 17.2 Å². The Balaban J connectivity index is 2.29. The highest BCUT2D eigenvalue weighted by atomic mass is 35.5. The van der Waals surface area contributed by atoms with Gasteiger partial charge in [-0.25, -0.2) is 0 Å². The molecule has 0 fully saturated rings. The first-order chi connectivity index (χ1) is 7.29. The van der Waals surface area contributed by atoms with Crippen molar-refractivity contribution >= 4 is 11.6 Å². The van der Waals surface area contributed by atoms with Gasteiger partial charge in [0.05, 0.1) is 6.20 Å². The van der Waals surface area contributed by atoms with E-state index < -0.39 is 0 Å². The summed E-state index contributed by atoms with van der Waals surface area (Å²) in [6.07, 6.45) is 2.99. The van der Waals surface area contributed by atoms with Crippen LogP contribution in [0.15, 0.2) is 30.5 Å². The third kappa shape index (κ3) is 2.36. The van der Waals surface area contributed by atoms with Crippen molar-refractivity contribution in [2.45, 2.75) is 19.9 Å². The van der Waals surface area contributed by atoms with E-state index in [9.17, 15) is 0 Å². The standard InChI is InChI=1S/C11H12ClN3/c1-2-6-15-8-11(13-14-15)9-4-3-5-10(12)7-9/h3-5,7-8H,2,6H2,1H3. The smallest absolute Gasteiger partial charge is 0.113 e. The number of aryl methyl sites for hydroxylation is 1. The molecule has 0 aliphatic rings. The van der Waals surface area contributed by atoms with Crippen LogP contribution in [0, 0.1) is 0 Å². The number of benzene rings is 1. The van der Waals surface area contributed by atoms with E-state index in [1.807, 2.05) is 35.1 Å². The summed E-state index contributed by atoms with van der Waals surface area (Å²) in [5.74, 6) is 0. The van der Waals surface area contributed by atoms with Crippen molar-refractivity contribution in [2.24, 2.45) is 0 Å². The van der Waals surface area contributed by atoms with Crippen molar-refractivity contribution in [2.75, 3.05) is 0 Å². The van der Waals surface area contributed by atoms with Crippen LogP contribution in [-0.2, 0) is 6.54 Å². The second-order valence-electron chi connectivity index (χ2n) is 3.38. The van der Waals surface area contributed by atoms with Crippen LogP contribution in [0.4, 0.5) is 0 Å². The van der Waals surface area contributed by atoms with Gasteiger partial charge < -0.3 is 0 Å². The predicted molar refractivity (Wildman–Crippen MR) is 60.8 cm³/mol. The Morgan fingerprint density at radius 3 is 3.00 bits per heavy atom. The Labute approximate surface area is 93.7 Å². The minimum atomic E-state index is 0.720. The fraction of sp³-hybridized carbons (Fsp3) is 0.273. The van der Waals surface area contributed by atoms with Crippen molar-refractivity contribution in [1.82, 2.24) is 15.0 Å². The lowest BCUT2D eigenvalue weighted by Crippen LogP contribution is -1.96. The Hall–Kier alpha value is -1.35. The molecule has 2 rings (SSSR count). The lowest BCUT2D eigenvalue weighted by atomic mass is 10.2. The summed E-state index contributed by atoms with van der Waals surface area (Å²) in [4.78, 5) is 0. The van der Waals surface area contributed by atoms with E-state index in [0.717, 1.165) is 29.2 Å². The van der Waals surface area contributed by atoms with E-state index in [4.69, 9.17) is 11.6 Å². The van der Waals surface area contributed by atoms with Gasteiger partial charge in [-0.15, -0.1) is 5.10 Å². The Morgan fingerprint density at radius 1 is 1.40 bits per heavy atom. The molecule has 3 nitrogen and oxygen atoms in total. The summed E-state index contributed by atoms with van der Waals surface area (Å²) >= 11 is 5.91. The predicted octanol–water partition coefficient (Wildman–Crippen LogP) is 3.01. The largest absolute Gasteiger partial charge is 0.252 e. The maximum atomic E-state index is 5.91. The van der Waals surface area contributed by atoms with Gasteiger partial charge in [0.1, 0.15) is 5.69 Å². The summed E-state index contributed by atoms with van der Waals surface area (Å²) in [5.41, 5.74) is 1.87. The molecule has 0 atom stereocenters. The fourth-order valence-corrected chi connectivity index (χ4v) is 1.61. The van der Waals surface area contributed by atoms with Crippen molar-refractivity contribution in [3.8, 4) is 11.3 Å². The van der Waals surface area contributed by atoms with Gasteiger partial charge in [-0.05, 0) is 18.6 Å². The van der Waals surface area contributed by atoms with Gasteiger partial charge in [-0.2, -0.15) is 0 Å². The number of nitrogens with zero attached hydrogens (tertiary/aromatic N) is 3. The van der Waals surface area contributed by atoms with E-state index in [-0.39, 0.29) is 0 Å². The molecule has 0 saturated carbocycles. The van der Waals surface area contributed by atoms with Gasteiger partial charge >= 0.3 is 0 Å². The molecule has 0 N–H and O–H groups in total. The zero-order valence-corrected chi connectivity index (χ0v) is 9.28. The summed E-state index contributed by atoms with van der Waals surface area (Å²) in [6.45, 7) is 3.01. The first-order valence-electron chi connectivity index (χ1n) is 4.95. The van der Waals surface area contributed by atoms with Crippen LogP contribution in [-0.4, -0.2) is 15.0 Å². The summed E-state index contributed by atoms with van der Waals surface area (Å²) in [7, 11) is 0. The fourth-order valence-electron chi connectivity index (χ4n) is 1.42. The van der Waals surface area contributed by atoms with E-state index in [0.29, 0.717) is 0 Å². The SMILES string of the molecule is CCCn1cc(-c2cccc(Cl)c2)nn1. The zero-order chi connectivity index (χ0) is 10.7. The van der Waals surface area contributed by atoms with Crippen LogP contribution < -0.4 is 0 Å². The average molecular weight is 222 g/mol. The number of hydrogen-bond donors (Lipinski definition) is 0. The molecule has 4 heteroatoms. The molecule has 0 spiro atoms. The molecule has 2 aromatic rings. The van der Waals surface area contributed by atoms with Crippen LogP contribution >= 0.6 is 11.6 Å².